The third-order valence-corrected chi connectivity index (χ3v) is 8.11. The Kier molecular flexibility index (Phi) is 4.11. The molecule has 3 unspecified atom stereocenters. The molecule has 3 fully saturated rings. The Morgan fingerprint density at radius 1 is 1.12 bits per heavy atom. The zero-order valence-corrected chi connectivity index (χ0v) is 16.1. The fourth-order valence-electron chi connectivity index (χ4n) is 6.67. The minimum absolute atomic E-state index is 0. The highest BCUT2D eigenvalue weighted by molar-refractivity contribution is 5.74. The molecule has 2 heterocycles. The molecule has 1 aromatic carbocycles. The first kappa shape index (κ1) is 16.8. The zero-order chi connectivity index (χ0) is 17.7. The highest BCUT2D eigenvalue weighted by atomic mass is 16.2. The van der Waals surface area contributed by atoms with Gasteiger partial charge in [-0.3, -0.25) is 4.79 Å². The minimum atomic E-state index is 0. The van der Waals surface area contributed by atoms with Gasteiger partial charge in [0, 0.05) is 34.3 Å². The number of benzene rings is 1. The fraction of sp³-hybridized carbons (Fsp3) is 0.696. The van der Waals surface area contributed by atoms with Crippen molar-refractivity contribution < 1.29 is 7.65 Å². The molecule has 3 heteroatoms. The largest absolute Gasteiger partial charge is 0.338 e. The molecular weight excluding hydrogens is 320 g/mol. The van der Waals surface area contributed by atoms with Crippen molar-refractivity contribution in [3.63, 3.8) is 0 Å². The third-order valence-electron chi connectivity index (χ3n) is 8.11. The van der Waals surface area contributed by atoms with Crippen LogP contribution in [0.5, 0.6) is 0 Å². The molecule has 2 saturated carbocycles. The number of carbonyl (C=O) groups excluding carboxylic acids is 1. The van der Waals surface area contributed by atoms with Crippen molar-refractivity contribution in [3.05, 3.63) is 35.4 Å². The molecule has 26 heavy (non-hydrogen) atoms. The molecule has 5 rings (SSSR count). The van der Waals surface area contributed by atoms with Crippen molar-refractivity contribution in [1.82, 2.24) is 9.80 Å². The van der Waals surface area contributed by atoms with Gasteiger partial charge >= 0.3 is 0 Å². The average molecular weight is 357 g/mol. The van der Waals surface area contributed by atoms with E-state index in [2.05, 4.69) is 34.1 Å². The lowest BCUT2D eigenvalue weighted by Gasteiger charge is -2.51. The van der Waals surface area contributed by atoms with Crippen molar-refractivity contribution in [2.24, 2.45) is 11.8 Å². The summed E-state index contributed by atoms with van der Waals surface area (Å²) in [5.74, 6) is 2.24. The van der Waals surface area contributed by atoms with Crippen LogP contribution in [0.25, 0.3) is 0 Å². The Balaban J connectivity index is 0.00000112. The van der Waals surface area contributed by atoms with E-state index in [4.69, 9.17) is 0 Å². The maximum atomic E-state index is 12.1. The Hall–Kier alpha value is -1.35. The lowest BCUT2D eigenvalue weighted by Crippen LogP contribution is -2.55. The number of likely N-dealkylation sites (tertiary alicyclic amines) is 1. The number of piperidine rings is 1. The summed E-state index contributed by atoms with van der Waals surface area (Å²) in [7, 11) is 0. The second kappa shape index (κ2) is 6.37. The number of hydrogen-bond donors (Lipinski definition) is 0. The van der Waals surface area contributed by atoms with Gasteiger partial charge in [-0.25, -0.2) is 0 Å². The van der Waals surface area contributed by atoms with Gasteiger partial charge in [-0.05, 0) is 74.6 Å². The van der Waals surface area contributed by atoms with E-state index in [0.29, 0.717) is 0 Å². The highest BCUT2D eigenvalue weighted by Gasteiger charge is 2.45. The van der Waals surface area contributed by atoms with E-state index in [0.717, 1.165) is 31.0 Å². The van der Waals surface area contributed by atoms with Gasteiger partial charge in [0.25, 0.3) is 0 Å². The maximum Gasteiger partial charge on any atom is 0.219 e. The number of amides is 1. The predicted molar refractivity (Wildman–Crippen MR) is 108 cm³/mol. The normalized spacial score (nSPS) is 33.3. The highest BCUT2D eigenvalue weighted by Crippen LogP contribution is 2.47. The van der Waals surface area contributed by atoms with Crippen LogP contribution in [0.2, 0.25) is 0 Å². The number of rotatable bonds is 1. The summed E-state index contributed by atoms with van der Waals surface area (Å²) in [6.07, 6.45) is 9.76. The Bertz CT molecular complexity index is 702. The van der Waals surface area contributed by atoms with Gasteiger partial charge in [0.05, 0.1) is 0 Å². The van der Waals surface area contributed by atoms with E-state index in [1.807, 2.05) is 0 Å². The van der Waals surface area contributed by atoms with Crippen LogP contribution >= 0.6 is 0 Å². The summed E-state index contributed by atoms with van der Waals surface area (Å²) in [6.45, 7) is 5.87. The van der Waals surface area contributed by atoms with Crippen molar-refractivity contribution in [2.75, 3.05) is 19.6 Å². The monoisotopic (exact) mass is 356 g/mol. The quantitative estimate of drug-likeness (QED) is 0.742. The molecule has 2 bridgehead atoms. The van der Waals surface area contributed by atoms with E-state index >= 15 is 0 Å². The van der Waals surface area contributed by atoms with E-state index in [1.165, 1.54) is 69.2 Å². The van der Waals surface area contributed by atoms with Gasteiger partial charge in [-0.15, -0.1) is 0 Å². The average Bonchev–Trinajstić information content (AvgIpc) is 3.04. The molecule has 2 aliphatic carbocycles. The molecule has 0 aromatic heterocycles. The SMILES string of the molecule is CC(=O)N1Cc2ccccc2C2(CCN(C3CCC4CCC3C4)CC2)C1.[HH].[HH]. The van der Waals surface area contributed by atoms with Crippen LogP contribution in [0.1, 0.15) is 65.8 Å². The molecule has 1 saturated heterocycles. The molecule has 3 atom stereocenters. The van der Waals surface area contributed by atoms with Gasteiger partial charge in [-0.2, -0.15) is 0 Å². The first-order chi connectivity index (χ1) is 12.6. The van der Waals surface area contributed by atoms with Gasteiger partial charge in [0.2, 0.25) is 5.91 Å². The summed E-state index contributed by atoms with van der Waals surface area (Å²) in [4.78, 5) is 17.1. The van der Waals surface area contributed by atoms with E-state index in [-0.39, 0.29) is 14.2 Å². The molecule has 3 nitrogen and oxygen atoms in total. The Morgan fingerprint density at radius 3 is 2.69 bits per heavy atom. The first-order valence-corrected chi connectivity index (χ1v) is 10.7. The number of fused-ring (bicyclic) bond motifs is 4. The number of nitrogens with zero attached hydrogens (tertiary/aromatic N) is 2. The summed E-state index contributed by atoms with van der Waals surface area (Å²) < 4.78 is 0. The molecular formula is C23H36N2O. The Morgan fingerprint density at radius 2 is 1.88 bits per heavy atom. The summed E-state index contributed by atoms with van der Waals surface area (Å²) in [5, 5.41) is 0. The van der Waals surface area contributed by atoms with E-state index in [9.17, 15) is 4.79 Å². The lowest BCUT2D eigenvalue weighted by molar-refractivity contribution is -0.131. The van der Waals surface area contributed by atoms with Crippen LogP contribution < -0.4 is 0 Å². The molecule has 1 aromatic rings. The summed E-state index contributed by atoms with van der Waals surface area (Å²) in [6, 6.07) is 9.73. The second-order valence-electron chi connectivity index (χ2n) is 9.43. The van der Waals surface area contributed by atoms with E-state index in [1.54, 1.807) is 6.92 Å². The molecule has 144 valence electrons. The molecule has 0 radical (unpaired) electrons. The summed E-state index contributed by atoms with van der Waals surface area (Å²) >= 11 is 0. The maximum absolute atomic E-state index is 12.1. The third kappa shape index (κ3) is 2.70. The number of carbonyl (C=O) groups is 1. The van der Waals surface area contributed by atoms with E-state index < -0.39 is 0 Å². The van der Waals surface area contributed by atoms with Crippen molar-refractivity contribution in [2.45, 2.75) is 69.9 Å². The Labute approximate surface area is 160 Å². The van der Waals surface area contributed by atoms with Gasteiger partial charge in [0.1, 0.15) is 0 Å². The van der Waals surface area contributed by atoms with Gasteiger partial charge in [-0.1, -0.05) is 30.7 Å². The zero-order valence-electron chi connectivity index (χ0n) is 16.1. The molecule has 4 aliphatic rings. The molecule has 2 aliphatic heterocycles. The standard InChI is InChI=1S/C23H32N2O.2H2/c1-17(26)25-15-20-4-2-3-5-21(20)23(16-25)10-12-24(13-11-23)22-9-7-18-6-8-19(22)14-18;;/h2-5,18-19,22H,6-16H2,1H3;2*1H. The summed E-state index contributed by atoms with van der Waals surface area (Å²) in [5.41, 5.74) is 3.09. The van der Waals surface area contributed by atoms with Crippen molar-refractivity contribution in [1.29, 1.82) is 0 Å². The predicted octanol–water partition coefficient (Wildman–Crippen LogP) is 4.45. The van der Waals surface area contributed by atoms with Crippen LogP contribution in [0.15, 0.2) is 24.3 Å². The molecule has 1 spiro atoms. The molecule has 1 amide bonds. The first-order valence-electron chi connectivity index (χ1n) is 10.7. The fourth-order valence-corrected chi connectivity index (χ4v) is 6.67. The van der Waals surface area contributed by atoms with Gasteiger partial charge in [0.15, 0.2) is 0 Å². The van der Waals surface area contributed by atoms with Crippen LogP contribution in [-0.2, 0) is 16.8 Å². The van der Waals surface area contributed by atoms with Gasteiger partial charge < -0.3 is 9.80 Å². The topological polar surface area (TPSA) is 23.6 Å². The van der Waals surface area contributed by atoms with Crippen molar-refractivity contribution >= 4 is 5.91 Å². The molecule has 0 N–H and O–H groups in total. The van der Waals surface area contributed by atoms with Crippen LogP contribution in [0.4, 0.5) is 0 Å². The van der Waals surface area contributed by atoms with Crippen LogP contribution in [0, 0.1) is 11.8 Å². The second-order valence-corrected chi connectivity index (χ2v) is 9.43. The smallest absolute Gasteiger partial charge is 0.219 e. The van der Waals surface area contributed by atoms with Crippen LogP contribution in [0.3, 0.4) is 0 Å². The minimum Gasteiger partial charge on any atom is -0.338 e. The lowest BCUT2D eigenvalue weighted by atomic mass is 9.68. The van der Waals surface area contributed by atoms with Crippen LogP contribution in [-0.4, -0.2) is 41.4 Å². The van der Waals surface area contributed by atoms with Crippen molar-refractivity contribution in [3.8, 4) is 0 Å². The number of hydrogen-bond acceptors (Lipinski definition) is 2.